The average molecular weight is 301 g/mol. The molecule has 1 fully saturated rings. The molecule has 2 aromatic rings. The van der Waals surface area contributed by atoms with Crippen molar-refractivity contribution in [1.29, 1.82) is 0 Å². The molecule has 1 aromatic carbocycles. The lowest BCUT2D eigenvalue weighted by molar-refractivity contribution is -0.133. The van der Waals surface area contributed by atoms with Gasteiger partial charge in [-0.05, 0) is 36.4 Å². The second kappa shape index (κ2) is 6.76. The lowest BCUT2D eigenvalue weighted by Gasteiger charge is -2.33. The van der Waals surface area contributed by atoms with E-state index in [9.17, 15) is 4.79 Å². The standard InChI is InChI=1S/C17H19NO2S/c19-17(12-16-9-5-11-21-16)18-10-4-8-15(13-18)20-14-6-2-1-3-7-14/h1-3,5-7,9,11,15H,4,8,10,12-13H2. The van der Waals surface area contributed by atoms with Crippen molar-refractivity contribution in [3.05, 3.63) is 52.7 Å². The van der Waals surface area contributed by atoms with Crippen LogP contribution in [0.15, 0.2) is 47.8 Å². The van der Waals surface area contributed by atoms with Gasteiger partial charge in [0.2, 0.25) is 5.91 Å². The van der Waals surface area contributed by atoms with Gasteiger partial charge in [-0.1, -0.05) is 24.3 Å². The molecular weight excluding hydrogens is 282 g/mol. The summed E-state index contributed by atoms with van der Waals surface area (Å²) in [5, 5.41) is 2.01. The van der Waals surface area contributed by atoms with E-state index in [-0.39, 0.29) is 12.0 Å². The smallest absolute Gasteiger partial charge is 0.227 e. The number of hydrogen-bond acceptors (Lipinski definition) is 3. The normalized spacial score (nSPS) is 18.5. The Bertz CT molecular complexity index is 568. The topological polar surface area (TPSA) is 29.5 Å². The van der Waals surface area contributed by atoms with E-state index in [1.165, 1.54) is 0 Å². The first-order chi connectivity index (χ1) is 10.3. The molecular formula is C17H19NO2S. The summed E-state index contributed by atoms with van der Waals surface area (Å²) in [6.45, 7) is 1.54. The van der Waals surface area contributed by atoms with E-state index < -0.39 is 0 Å². The van der Waals surface area contributed by atoms with Gasteiger partial charge in [0.15, 0.2) is 0 Å². The molecule has 4 heteroatoms. The predicted octanol–water partition coefficient (Wildman–Crippen LogP) is 3.36. The molecule has 1 aliphatic rings. The third-order valence-corrected chi connectivity index (χ3v) is 4.56. The fraction of sp³-hybridized carbons (Fsp3) is 0.353. The van der Waals surface area contributed by atoms with Gasteiger partial charge in [-0.15, -0.1) is 11.3 Å². The van der Waals surface area contributed by atoms with Gasteiger partial charge in [0.25, 0.3) is 0 Å². The van der Waals surface area contributed by atoms with Crippen molar-refractivity contribution in [2.75, 3.05) is 13.1 Å². The summed E-state index contributed by atoms with van der Waals surface area (Å²) in [7, 11) is 0. The maximum absolute atomic E-state index is 12.3. The monoisotopic (exact) mass is 301 g/mol. The maximum atomic E-state index is 12.3. The van der Waals surface area contributed by atoms with Gasteiger partial charge in [0.1, 0.15) is 11.9 Å². The molecule has 0 bridgehead atoms. The van der Waals surface area contributed by atoms with E-state index in [1.54, 1.807) is 11.3 Å². The van der Waals surface area contributed by atoms with Crippen LogP contribution < -0.4 is 4.74 Å². The van der Waals surface area contributed by atoms with Crippen LogP contribution in [0.2, 0.25) is 0 Å². The summed E-state index contributed by atoms with van der Waals surface area (Å²) in [6.07, 6.45) is 2.63. The first-order valence-electron chi connectivity index (χ1n) is 7.33. The molecule has 0 spiro atoms. The Hall–Kier alpha value is -1.81. The van der Waals surface area contributed by atoms with Crippen LogP contribution >= 0.6 is 11.3 Å². The number of hydrogen-bond donors (Lipinski definition) is 0. The van der Waals surface area contributed by atoms with Gasteiger partial charge >= 0.3 is 0 Å². The number of benzene rings is 1. The molecule has 1 atom stereocenters. The van der Waals surface area contributed by atoms with Crippen LogP contribution in [0, 0.1) is 0 Å². The Morgan fingerprint density at radius 2 is 2.10 bits per heavy atom. The second-order valence-electron chi connectivity index (χ2n) is 5.29. The Balaban J connectivity index is 1.56. The summed E-state index contributed by atoms with van der Waals surface area (Å²) in [4.78, 5) is 15.4. The van der Waals surface area contributed by atoms with Crippen LogP contribution in [0.3, 0.4) is 0 Å². The van der Waals surface area contributed by atoms with E-state index >= 15 is 0 Å². The number of thiophene rings is 1. The lowest BCUT2D eigenvalue weighted by Crippen LogP contribution is -2.44. The quantitative estimate of drug-likeness (QED) is 0.866. The Labute approximate surface area is 129 Å². The zero-order valence-corrected chi connectivity index (χ0v) is 12.7. The number of amides is 1. The summed E-state index contributed by atoms with van der Waals surface area (Å²) < 4.78 is 5.98. The van der Waals surface area contributed by atoms with Crippen molar-refractivity contribution in [2.24, 2.45) is 0 Å². The van der Waals surface area contributed by atoms with Crippen LogP contribution in [0.4, 0.5) is 0 Å². The molecule has 2 heterocycles. The van der Waals surface area contributed by atoms with Gasteiger partial charge in [0, 0.05) is 11.4 Å². The highest BCUT2D eigenvalue weighted by Crippen LogP contribution is 2.19. The molecule has 0 N–H and O–H groups in total. The molecule has 1 amide bonds. The van der Waals surface area contributed by atoms with Gasteiger partial charge in [-0.2, -0.15) is 0 Å². The average Bonchev–Trinajstić information content (AvgIpc) is 3.01. The lowest BCUT2D eigenvalue weighted by atomic mass is 10.1. The molecule has 3 rings (SSSR count). The van der Waals surface area contributed by atoms with E-state index in [0.717, 1.165) is 30.0 Å². The van der Waals surface area contributed by atoms with Crippen LogP contribution in [0.5, 0.6) is 5.75 Å². The molecule has 21 heavy (non-hydrogen) atoms. The van der Waals surface area contributed by atoms with E-state index in [4.69, 9.17) is 4.74 Å². The number of piperidine rings is 1. The van der Waals surface area contributed by atoms with Gasteiger partial charge in [0.05, 0.1) is 13.0 Å². The van der Waals surface area contributed by atoms with E-state index in [0.29, 0.717) is 13.0 Å². The number of para-hydroxylation sites is 1. The molecule has 0 saturated carbocycles. The Morgan fingerprint density at radius 3 is 2.86 bits per heavy atom. The van der Waals surface area contributed by atoms with Crippen LogP contribution in [0.1, 0.15) is 17.7 Å². The number of rotatable bonds is 4. The molecule has 3 nitrogen and oxygen atoms in total. The molecule has 0 radical (unpaired) electrons. The predicted molar refractivity (Wildman–Crippen MR) is 84.7 cm³/mol. The fourth-order valence-electron chi connectivity index (χ4n) is 2.63. The van der Waals surface area contributed by atoms with Crippen molar-refractivity contribution in [2.45, 2.75) is 25.4 Å². The zero-order chi connectivity index (χ0) is 14.5. The summed E-state index contributed by atoms with van der Waals surface area (Å²) >= 11 is 1.64. The summed E-state index contributed by atoms with van der Waals surface area (Å²) in [5.74, 6) is 1.09. The van der Waals surface area contributed by atoms with Gasteiger partial charge < -0.3 is 9.64 Å². The minimum atomic E-state index is 0.105. The fourth-order valence-corrected chi connectivity index (χ4v) is 3.32. The van der Waals surface area contributed by atoms with Crippen LogP contribution in [-0.4, -0.2) is 30.0 Å². The SMILES string of the molecule is O=C(Cc1cccs1)N1CCCC(Oc2ccccc2)C1. The maximum Gasteiger partial charge on any atom is 0.227 e. The largest absolute Gasteiger partial charge is 0.489 e. The Morgan fingerprint density at radius 1 is 1.24 bits per heavy atom. The highest BCUT2D eigenvalue weighted by Gasteiger charge is 2.24. The minimum absolute atomic E-state index is 0.105. The van der Waals surface area contributed by atoms with Crippen LogP contribution in [0.25, 0.3) is 0 Å². The minimum Gasteiger partial charge on any atom is -0.489 e. The molecule has 0 aliphatic carbocycles. The van der Waals surface area contributed by atoms with Gasteiger partial charge in [-0.3, -0.25) is 4.79 Å². The zero-order valence-electron chi connectivity index (χ0n) is 11.9. The first kappa shape index (κ1) is 14.1. The van der Waals surface area contributed by atoms with Crippen molar-refractivity contribution in [1.82, 2.24) is 4.90 Å². The molecule has 1 saturated heterocycles. The highest BCUT2D eigenvalue weighted by atomic mass is 32.1. The van der Waals surface area contributed by atoms with E-state index in [1.807, 2.05) is 52.7 Å². The molecule has 1 unspecified atom stereocenters. The molecule has 1 aliphatic heterocycles. The van der Waals surface area contributed by atoms with E-state index in [2.05, 4.69) is 0 Å². The number of carbonyl (C=O) groups excluding carboxylic acids is 1. The summed E-state index contributed by atoms with van der Waals surface area (Å²) in [6, 6.07) is 13.9. The highest BCUT2D eigenvalue weighted by molar-refractivity contribution is 7.10. The number of likely N-dealkylation sites (tertiary alicyclic amines) is 1. The van der Waals surface area contributed by atoms with Crippen molar-refractivity contribution in [3.63, 3.8) is 0 Å². The molecule has 1 aromatic heterocycles. The summed E-state index contributed by atoms with van der Waals surface area (Å²) in [5.41, 5.74) is 0. The van der Waals surface area contributed by atoms with Crippen molar-refractivity contribution in [3.8, 4) is 5.75 Å². The van der Waals surface area contributed by atoms with Crippen molar-refractivity contribution >= 4 is 17.2 Å². The molecule has 110 valence electrons. The third kappa shape index (κ3) is 3.85. The van der Waals surface area contributed by atoms with Crippen LogP contribution in [-0.2, 0) is 11.2 Å². The number of carbonyl (C=O) groups is 1. The first-order valence-corrected chi connectivity index (χ1v) is 8.21. The van der Waals surface area contributed by atoms with Gasteiger partial charge in [-0.25, -0.2) is 0 Å². The second-order valence-corrected chi connectivity index (χ2v) is 6.32. The third-order valence-electron chi connectivity index (χ3n) is 3.68. The number of ether oxygens (including phenoxy) is 1. The Kier molecular flexibility index (Phi) is 4.55. The number of nitrogens with zero attached hydrogens (tertiary/aromatic N) is 1. The van der Waals surface area contributed by atoms with Crippen molar-refractivity contribution < 1.29 is 9.53 Å².